The van der Waals surface area contributed by atoms with Crippen molar-refractivity contribution in [2.45, 2.75) is 39.7 Å². The summed E-state index contributed by atoms with van der Waals surface area (Å²) < 4.78 is 5.73. The van der Waals surface area contributed by atoms with Crippen LogP contribution < -0.4 is 10.5 Å². The maximum Gasteiger partial charge on any atom is 0.128 e. The van der Waals surface area contributed by atoms with Crippen LogP contribution in [0.1, 0.15) is 43.8 Å². The first-order valence-electron chi connectivity index (χ1n) is 7.12. The number of aromatic nitrogens is 1. The van der Waals surface area contributed by atoms with Crippen LogP contribution in [0.4, 0.5) is 0 Å². The fourth-order valence-electron chi connectivity index (χ4n) is 2.12. The summed E-state index contributed by atoms with van der Waals surface area (Å²) in [5.41, 5.74) is 9.25. The summed E-state index contributed by atoms with van der Waals surface area (Å²) in [4.78, 5) is 4.64. The highest BCUT2D eigenvalue weighted by Crippen LogP contribution is 2.33. The average Bonchev–Trinajstić information content (AvgIpc) is 2.91. The van der Waals surface area contributed by atoms with Crippen molar-refractivity contribution in [1.29, 1.82) is 0 Å². The van der Waals surface area contributed by atoms with Gasteiger partial charge in [0, 0.05) is 10.9 Å². The molecule has 0 saturated heterocycles. The Bertz CT molecular complexity index is 563. The van der Waals surface area contributed by atoms with Crippen molar-refractivity contribution in [3.8, 4) is 17.0 Å². The molecular weight excluding hydrogens is 268 g/mol. The normalized spacial score (nSPS) is 12.4. The van der Waals surface area contributed by atoms with Crippen molar-refractivity contribution in [3.05, 3.63) is 34.2 Å². The lowest BCUT2D eigenvalue weighted by Crippen LogP contribution is -2.04. The van der Waals surface area contributed by atoms with Gasteiger partial charge in [0.05, 0.1) is 18.3 Å². The second-order valence-electron chi connectivity index (χ2n) is 4.87. The molecule has 0 aliphatic heterocycles. The predicted molar refractivity (Wildman–Crippen MR) is 85.3 cm³/mol. The third-order valence-corrected chi connectivity index (χ3v) is 4.12. The number of nitrogens with zero attached hydrogens (tertiary/aromatic N) is 1. The van der Waals surface area contributed by atoms with Crippen molar-refractivity contribution in [3.63, 3.8) is 0 Å². The number of aryl methyl sites for hydroxylation is 1. The lowest BCUT2D eigenvalue weighted by molar-refractivity contribution is 0.341. The largest absolute Gasteiger partial charge is 0.493 e. The lowest BCUT2D eigenvalue weighted by atomic mass is 10.0. The van der Waals surface area contributed by atoms with Crippen LogP contribution in [0.5, 0.6) is 5.75 Å². The predicted octanol–water partition coefficient (Wildman–Crippen LogP) is 4.18. The van der Waals surface area contributed by atoms with Gasteiger partial charge in [-0.15, -0.1) is 11.3 Å². The van der Waals surface area contributed by atoms with E-state index in [2.05, 4.69) is 35.5 Å². The Morgan fingerprint density at radius 1 is 1.35 bits per heavy atom. The van der Waals surface area contributed by atoms with Gasteiger partial charge in [0.1, 0.15) is 10.8 Å². The second kappa shape index (κ2) is 6.86. The Labute approximate surface area is 124 Å². The lowest BCUT2D eigenvalue weighted by Gasteiger charge is -2.10. The Kier molecular flexibility index (Phi) is 5.15. The number of benzene rings is 1. The molecule has 0 fully saturated rings. The number of ether oxygens (including phenoxy) is 1. The van der Waals surface area contributed by atoms with Crippen molar-refractivity contribution >= 4 is 11.3 Å². The zero-order valence-corrected chi connectivity index (χ0v) is 13.2. The van der Waals surface area contributed by atoms with Gasteiger partial charge in [0.15, 0.2) is 0 Å². The van der Waals surface area contributed by atoms with Crippen LogP contribution in [-0.4, -0.2) is 11.6 Å². The molecule has 1 aromatic carbocycles. The van der Waals surface area contributed by atoms with Crippen molar-refractivity contribution in [2.24, 2.45) is 5.73 Å². The van der Waals surface area contributed by atoms with E-state index in [1.165, 1.54) is 5.56 Å². The molecule has 4 heteroatoms. The van der Waals surface area contributed by atoms with E-state index in [1.807, 2.05) is 13.8 Å². The Morgan fingerprint density at radius 3 is 2.75 bits per heavy atom. The minimum Gasteiger partial charge on any atom is -0.493 e. The van der Waals surface area contributed by atoms with E-state index < -0.39 is 0 Å². The number of hydrogen-bond donors (Lipinski definition) is 1. The molecule has 20 heavy (non-hydrogen) atoms. The van der Waals surface area contributed by atoms with Gasteiger partial charge in [-0.1, -0.05) is 19.4 Å². The molecule has 0 spiro atoms. The maximum atomic E-state index is 5.90. The van der Waals surface area contributed by atoms with Crippen LogP contribution in [0.25, 0.3) is 11.3 Å². The quantitative estimate of drug-likeness (QED) is 0.868. The van der Waals surface area contributed by atoms with Crippen molar-refractivity contribution in [2.75, 3.05) is 6.61 Å². The highest BCUT2D eigenvalue weighted by atomic mass is 32.1. The molecule has 2 rings (SSSR count). The van der Waals surface area contributed by atoms with E-state index >= 15 is 0 Å². The van der Waals surface area contributed by atoms with E-state index in [0.29, 0.717) is 6.61 Å². The van der Waals surface area contributed by atoms with Crippen LogP contribution in [-0.2, 0) is 6.42 Å². The molecule has 2 aromatic rings. The number of nitrogens with two attached hydrogens (primary N) is 1. The molecule has 1 atom stereocenters. The fraction of sp³-hybridized carbons (Fsp3) is 0.438. The van der Waals surface area contributed by atoms with E-state index in [9.17, 15) is 0 Å². The van der Waals surface area contributed by atoms with Gasteiger partial charge in [-0.3, -0.25) is 0 Å². The topological polar surface area (TPSA) is 48.1 Å². The van der Waals surface area contributed by atoms with Crippen LogP contribution in [0.3, 0.4) is 0 Å². The molecule has 0 bridgehead atoms. The van der Waals surface area contributed by atoms with Gasteiger partial charge in [0.25, 0.3) is 0 Å². The highest BCUT2D eigenvalue weighted by Gasteiger charge is 2.13. The summed E-state index contributed by atoms with van der Waals surface area (Å²) in [5.74, 6) is 0.897. The van der Waals surface area contributed by atoms with E-state index in [4.69, 9.17) is 10.5 Å². The van der Waals surface area contributed by atoms with Crippen LogP contribution in [0.2, 0.25) is 0 Å². The standard InChI is InChI=1S/C16H22N2OS/c1-4-6-12-7-8-15(19-5-2)13(9-12)14-10-20-16(18-14)11(3)17/h7-11H,4-6,17H2,1-3H3. The molecule has 0 aliphatic rings. The van der Waals surface area contributed by atoms with Crippen LogP contribution in [0, 0.1) is 0 Å². The molecule has 1 heterocycles. The summed E-state index contributed by atoms with van der Waals surface area (Å²) in [7, 11) is 0. The molecule has 108 valence electrons. The molecule has 1 aromatic heterocycles. The Hall–Kier alpha value is -1.39. The first-order valence-corrected chi connectivity index (χ1v) is 8.00. The van der Waals surface area contributed by atoms with Crippen molar-refractivity contribution in [1.82, 2.24) is 4.98 Å². The smallest absolute Gasteiger partial charge is 0.128 e. The third kappa shape index (κ3) is 3.38. The van der Waals surface area contributed by atoms with Gasteiger partial charge < -0.3 is 10.5 Å². The average molecular weight is 290 g/mol. The summed E-state index contributed by atoms with van der Waals surface area (Å²) in [5, 5.41) is 3.02. The van der Waals surface area contributed by atoms with E-state index in [1.54, 1.807) is 11.3 Å². The number of rotatable bonds is 6. The summed E-state index contributed by atoms with van der Waals surface area (Å²) in [6.07, 6.45) is 2.21. The maximum absolute atomic E-state index is 5.90. The summed E-state index contributed by atoms with van der Waals surface area (Å²) in [6.45, 7) is 6.80. The highest BCUT2D eigenvalue weighted by molar-refractivity contribution is 7.10. The number of thiazole rings is 1. The van der Waals surface area contributed by atoms with E-state index in [0.717, 1.165) is 34.9 Å². The molecule has 0 amide bonds. The number of hydrogen-bond acceptors (Lipinski definition) is 4. The molecule has 2 N–H and O–H groups in total. The molecule has 0 radical (unpaired) electrons. The van der Waals surface area contributed by atoms with Gasteiger partial charge in [0.2, 0.25) is 0 Å². The summed E-state index contributed by atoms with van der Waals surface area (Å²) in [6, 6.07) is 6.35. The molecule has 0 saturated carbocycles. The second-order valence-corrected chi connectivity index (χ2v) is 5.76. The third-order valence-electron chi connectivity index (χ3n) is 3.07. The van der Waals surface area contributed by atoms with Gasteiger partial charge >= 0.3 is 0 Å². The Morgan fingerprint density at radius 2 is 2.15 bits per heavy atom. The van der Waals surface area contributed by atoms with E-state index in [-0.39, 0.29) is 6.04 Å². The minimum atomic E-state index is -0.0249. The van der Waals surface area contributed by atoms with Crippen LogP contribution in [0.15, 0.2) is 23.6 Å². The fourth-order valence-corrected chi connectivity index (χ4v) is 2.90. The zero-order valence-electron chi connectivity index (χ0n) is 12.3. The van der Waals surface area contributed by atoms with Gasteiger partial charge in [-0.2, -0.15) is 0 Å². The van der Waals surface area contributed by atoms with Crippen molar-refractivity contribution < 1.29 is 4.74 Å². The molecule has 1 unspecified atom stereocenters. The minimum absolute atomic E-state index is 0.0249. The zero-order chi connectivity index (χ0) is 14.5. The first-order chi connectivity index (χ1) is 9.65. The molecule has 0 aliphatic carbocycles. The Balaban J connectivity index is 2.41. The van der Waals surface area contributed by atoms with Gasteiger partial charge in [-0.25, -0.2) is 4.98 Å². The SMILES string of the molecule is CCCc1ccc(OCC)c(-c2csc(C(C)N)n2)c1. The molecule has 3 nitrogen and oxygen atoms in total. The van der Waals surface area contributed by atoms with Gasteiger partial charge in [-0.05, 0) is 38.0 Å². The monoisotopic (exact) mass is 290 g/mol. The summed E-state index contributed by atoms with van der Waals surface area (Å²) >= 11 is 1.61. The first kappa shape index (κ1) is 15.0. The molecular formula is C16H22N2OS. The van der Waals surface area contributed by atoms with Crippen LogP contribution >= 0.6 is 11.3 Å².